The lowest BCUT2D eigenvalue weighted by Crippen LogP contribution is -2.35. The number of aromatic nitrogens is 2. The zero-order valence-electron chi connectivity index (χ0n) is 16.9. The van der Waals surface area contributed by atoms with Gasteiger partial charge in [-0.2, -0.15) is 0 Å². The van der Waals surface area contributed by atoms with Crippen molar-refractivity contribution in [1.82, 2.24) is 14.9 Å². The minimum absolute atomic E-state index is 0.0429. The second-order valence-electron chi connectivity index (χ2n) is 7.29. The Hall–Kier alpha value is -3.19. The number of likely N-dealkylation sites (tertiary alicyclic amines) is 1. The topological polar surface area (TPSA) is 67.3 Å². The van der Waals surface area contributed by atoms with Crippen LogP contribution in [0.25, 0.3) is 0 Å². The van der Waals surface area contributed by atoms with Crippen molar-refractivity contribution < 1.29 is 13.9 Å². The van der Waals surface area contributed by atoms with Crippen molar-refractivity contribution in [3.8, 4) is 11.6 Å². The molecule has 0 radical (unpaired) electrons. The predicted octanol–water partition coefficient (Wildman–Crippen LogP) is 5.30. The number of rotatable bonds is 6. The zero-order valence-corrected chi connectivity index (χ0v) is 17.6. The van der Waals surface area contributed by atoms with E-state index < -0.39 is 0 Å². The number of nitrogens with one attached hydrogen (secondary N) is 1. The molecule has 1 aromatic carbocycles. The van der Waals surface area contributed by atoms with Gasteiger partial charge < -0.3 is 15.0 Å². The number of ether oxygens (including phenoxy) is 1. The van der Waals surface area contributed by atoms with Gasteiger partial charge in [-0.15, -0.1) is 0 Å². The third-order valence-corrected chi connectivity index (χ3v) is 5.33. The van der Waals surface area contributed by atoms with Gasteiger partial charge in [0, 0.05) is 43.7 Å². The SMILES string of the molecule is O=C(c1cnc(NCc2cccnc2Oc2cccc(F)c2)c(Cl)c1)N1CCCCC1. The van der Waals surface area contributed by atoms with Crippen LogP contribution < -0.4 is 10.1 Å². The molecule has 0 unspecified atom stereocenters. The number of pyridine rings is 2. The van der Waals surface area contributed by atoms with E-state index in [0.717, 1.165) is 37.9 Å². The van der Waals surface area contributed by atoms with E-state index in [0.29, 0.717) is 34.6 Å². The lowest BCUT2D eigenvalue weighted by molar-refractivity contribution is 0.0724. The third-order valence-electron chi connectivity index (χ3n) is 5.04. The Morgan fingerprint density at radius 2 is 1.97 bits per heavy atom. The number of nitrogens with zero attached hydrogens (tertiary/aromatic N) is 3. The van der Waals surface area contributed by atoms with Crippen LogP contribution in [-0.4, -0.2) is 33.9 Å². The summed E-state index contributed by atoms with van der Waals surface area (Å²) in [6, 6.07) is 11.1. The van der Waals surface area contributed by atoms with Crippen LogP contribution in [0.3, 0.4) is 0 Å². The molecule has 3 aromatic rings. The fraction of sp³-hybridized carbons (Fsp3) is 0.261. The second kappa shape index (κ2) is 9.75. The van der Waals surface area contributed by atoms with Gasteiger partial charge in [-0.1, -0.05) is 23.7 Å². The molecule has 1 aliphatic rings. The van der Waals surface area contributed by atoms with E-state index >= 15 is 0 Å². The molecule has 0 saturated carbocycles. The van der Waals surface area contributed by atoms with Crippen LogP contribution in [0.4, 0.5) is 10.2 Å². The summed E-state index contributed by atoms with van der Waals surface area (Å²) in [6.07, 6.45) is 6.35. The first-order valence-electron chi connectivity index (χ1n) is 10.2. The van der Waals surface area contributed by atoms with E-state index in [1.807, 2.05) is 11.0 Å². The Labute approximate surface area is 185 Å². The summed E-state index contributed by atoms with van der Waals surface area (Å²) in [5.41, 5.74) is 1.23. The Bertz CT molecular complexity index is 1070. The molecule has 0 aliphatic carbocycles. The van der Waals surface area contributed by atoms with Gasteiger partial charge in [0.2, 0.25) is 5.88 Å². The third kappa shape index (κ3) is 5.30. The molecule has 0 spiro atoms. The Balaban J connectivity index is 1.44. The lowest BCUT2D eigenvalue weighted by atomic mass is 10.1. The minimum atomic E-state index is -0.386. The predicted molar refractivity (Wildman–Crippen MR) is 117 cm³/mol. The molecule has 0 bridgehead atoms. The number of halogens is 2. The molecule has 1 saturated heterocycles. The van der Waals surface area contributed by atoms with Crippen LogP contribution in [0, 0.1) is 5.82 Å². The number of carbonyl (C=O) groups excluding carboxylic acids is 1. The van der Waals surface area contributed by atoms with E-state index in [2.05, 4.69) is 15.3 Å². The summed E-state index contributed by atoms with van der Waals surface area (Å²) in [6.45, 7) is 1.88. The summed E-state index contributed by atoms with van der Waals surface area (Å²) in [5, 5.41) is 3.51. The van der Waals surface area contributed by atoms with Crippen LogP contribution in [0.1, 0.15) is 35.2 Å². The van der Waals surface area contributed by atoms with Gasteiger partial charge in [0.25, 0.3) is 5.91 Å². The van der Waals surface area contributed by atoms with Gasteiger partial charge >= 0.3 is 0 Å². The monoisotopic (exact) mass is 440 g/mol. The number of amides is 1. The van der Waals surface area contributed by atoms with Gasteiger partial charge in [0.15, 0.2) is 0 Å². The van der Waals surface area contributed by atoms with E-state index in [1.165, 1.54) is 12.1 Å². The average Bonchev–Trinajstić information content (AvgIpc) is 2.79. The standard InChI is InChI=1S/C23H22ClFN4O2/c24-20-12-17(23(30)29-10-2-1-3-11-29)15-28-21(20)27-14-16-6-5-9-26-22(16)31-19-8-4-7-18(25)13-19/h4-9,12-13,15H,1-3,10-11,14H2,(H,27,28). The van der Waals surface area contributed by atoms with Crippen molar-refractivity contribution in [3.63, 3.8) is 0 Å². The molecule has 8 heteroatoms. The van der Waals surface area contributed by atoms with E-state index in [1.54, 1.807) is 36.7 Å². The van der Waals surface area contributed by atoms with Gasteiger partial charge in [-0.25, -0.2) is 14.4 Å². The number of hydrogen-bond donors (Lipinski definition) is 1. The van der Waals surface area contributed by atoms with Gasteiger partial charge in [0.05, 0.1) is 10.6 Å². The number of carbonyl (C=O) groups is 1. The first kappa shape index (κ1) is 21.1. The number of anilines is 1. The van der Waals surface area contributed by atoms with Crippen molar-refractivity contribution in [2.24, 2.45) is 0 Å². The van der Waals surface area contributed by atoms with E-state index in [9.17, 15) is 9.18 Å². The molecular weight excluding hydrogens is 419 g/mol. The maximum absolute atomic E-state index is 13.4. The highest BCUT2D eigenvalue weighted by atomic mass is 35.5. The highest BCUT2D eigenvalue weighted by molar-refractivity contribution is 6.33. The van der Waals surface area contributed by atoms with Crippen LogP contribution in [0.15, 0.2) is 54.9 Å². The molecule has 1 amide bonds. The summed E-state index contributed by atoms with van der Waals surface area (Å²) in [7, 11) is 0. The molecule has 2 aromatic heterocycles. The first-order valence-corrected chi connectivity index (χ1v) is 10.5. The molecule has 1 fully saturated rings. The molecule has 31 heavy (non-hydrogen) atoms. The number of hydrogen-bond acceptors (Lipinski definition) is 5. The summed E-state index contributed by atoms with van der Waals surface area (Å²) in [5.74, 6) is 0.740. The molecule has 1 N–H and O–H groups in total. The molecule has 1 aliphatic heterocycles. The fourth-order valence-electron chi connectivity index (χ4n) is 3.44. The highest BCUT2D eigenvalue weighted by Gasteiger charge is 2.19. The Morgan fingerprint density at radius 3 is 2.74 bits per heavy atom. The molecule has 6 nitrogen and oxygen atoms in total. The first-order chi connectivity index (χ1) is 15.1. The van der Waals surface area contributed by atoms with Crippen molar-refractivity contribution in [3.05, 3.63) is 76.8 Å². The second-order valence-corrected chi connectivity index (χ2v) is 7.70. The maximum atomic E-state index is 13.4. The van der Waals surface area contributed by atoms with Crippen LogP contribution in [-0.2, 0) is 6.54 Å². The van der Waals surface area contributed by atoms with Crippen molar-refractivity contribution in [2.45, 2.75) is 25.8 Å². The van der Waals surface area contributed by atoms with Crippen molar-refractivity contribution >= 4 is 23.3 Å². The van der Waals surface area contributed by atoms with Gasteiger partial charge in [-0.05, 0) is 43.5 Å². The lowest BCUT2D eigenvalue weighted by Gasteiger charge is -2.26. The van der Waals surface area contributed by atoms with Crippen LogP contribution in [0.5, 0.6) is 11.6 Å². The molecule has 160 valence electrons. The fourth-order valence-corrected chi connectivity index (χ4v) is 3.67. The van der Waals surface area contributed by atoms with E-state index in [4.69, 9.17) is 16.3 Å². The molecule has 0 atom stereocenters. The molecular formula is C23H22ClFN4O2. The minimum Gasteiger partial charge on any atom is -0.439 e. The summed E-state index contributed by atoms with van der Waals surface area (Å²) >= 11 is 6.38. The number of benzene rings is 1. The largest absolute Gasteiger partial charge is 0.439 e. The van der Waals surface area contributed by atoms with Crippen LogP contribution >= 0.6 is 11.6 Å². The zero-order chi connectivity index (χ0) is 21.6. The van der Waals surface area contributed by atoms with E-state index in [-0.39, 0.29) is 11.7 Å². The quantitative estimate of drug-likeness (QED) is 0.563. The maximum Gasteiger partial charge on any atom is 0.255 e. The van der Waals surface area contributed by atoms with Gasteiger partial charge in [0.1, 0.15) is 17.4 Å². The Morgan fingerprint density at radius 1 is 1.13 bits per heavy atom. The van der Waals surface area contributed by atoms with Crippen molar-refractivity contribution in [2.75, 3.05) is 18.4 Å². The molecule has 4 rings (SSSR count). The van der Waals surface area contributed by atoms with Crippen LogP contribution in [0.2, 0.25) is 5.02 Å². The summed E-state index contributed by atoms with van der Waals surface area (Å²) in [4.78, 5) is 23.1. The number of piperidine rings is 1. The Kier molecular flexibility index (Phi) is 6.62. The molecule has 3 heterocycles. The highest BCUT2D eigenvalue weighted by Crippen LogP contribution is 2.26. The smallest absolute Gasteiger partial charge is 0.255 e. The average molecular weight is 441 g/mol. The summed E-state index contributed by atoms with van der Waals surface area (Å²) < 4.78 is 19.2. The normalized spacial score (nSPS) is 13.7. The van der Waals surface area contributed by atoms with Gasteiger partial charge in [-0.3, -0.25) is 4.79 Å². The van der Waals surface area contributed by atoms with Crippen molar-refractivity contribution in [1.29, 1.82) is 0 Å².